The molecule has 4 heterocycles. The van der Waals surface area contributed by atoms with E-state index in [1.165, 1.54) is 0 Å². The topological polar surface area (TPSA) is 77.8 Å². The molecule has 0 aliphatic carbocycles. The number of hydrogen-bond acceptors (Lipinski definition) is 7. The molecule has 1 aromatic carbocycles. The van der Waals surface area contributed by atoms with Gasteiger partial charge in [0.2, 0.25) is 5.91 Å². The van der Waals surface area contributed by atoms with Crippen LogP contribution >= 0.6 is 22.7 Å². The molecular weight excluding hydrogens is 456 g/mol. The van der Waals surface area contributed by atoms with Gasteiger partial charge >= 0.3 is 0 Å². The van der Waals surface area contributed by atoms with E-state index >= 15 is 0 Å². The van der Waals surface area contributed by atoms with Crippen molar-refractivity contribution in [2.75, 3.05) is 12.4 Å². The number of thiazole rings is 1. The van der Waals surface area contributed by atoms with E-state index in [0.717, 1.165) is 26.9 Å². The summed E-state index contributed by atoms with van der Waals surface area (Å²) >= 11 is 3.18. The van der Waals surface area contributed by atoms with Crippen LogP contribution in [0, 0.1) is 0 Å². The van der Waals surface area contributed by atoms with Crippen molar-refractivity contribution >= 4 is 39.9 Å². The minimum Gasteiger partial charge on any atom is -0.493 e. The van der Waals surface area contributed by atoms with E-state index in [0.29, 0.717) is 17.2 Å². The molecule has 0 spiro atoms. The number of anilines is 1. The fourth-order valence-corrected chi connectivity index (χ4v) is 4.98. The van der Waals surface area contributed by atoms with Crippen molar-refractivity contribution in [2.45, 2.75) is 13.0 Å². The summed E-state index contributed by atoms with van der Waals surface area (Å²) in [6, 6.07) is 15.2. The standard InChI is InChI=1S/C24H20N4O3S2/c1-30-19-8-7-16(11-20(19)31-14-18-13-28-9-3-2-6-22(28)25-18)26-23(29)12-17-15-33-24(27-17)21-5-4-10-32-21/h2-11,13,15H,12,14H2,1H3,(H,26,29). The molecule has 0 radical (unpaired) electrons. The van der Waals surface area contributed by atoms with Gasteiger partial charge in [0.1, 0.15) is 17.3 Å². The molecule has 0 aliphatic rings. The number of rotatable bonds is 8. The van der Waals surface area contributed by atoms with E-state index in [4.69, 9.17) is 9.47 Å². The van der Waals surface area contributed by atoms with Crippen molar-refractivity contribution in [3.8, 4) is 21.4 Å². The number of aromatic nitrogens is 3. The van der Waals surface area contributed by atoms with E-state index in [1.807, 2.05) is 57.9 Å². The lowest BCUT2D eigenvalue weighted by Gasteiger charge is -2.12. The van der Waals surface area contributed by atoms with Crippen molar-refractivity contribution < 1.29 is 14.3 Å². The highest BCUT2D eigenvalue weighted by molar-refractivity contribution is 7.20. The number of benzene rings is 1. The lowest BCUT2D eigenvalue weighted by Crippen LogP contribution is -2.14. The van der Waals surface area contributed by atoms with E-state index in [9.17, 15) is 4.79 Å². The molecule has 0 saturated heterocycles. The maximum absolute atomic E-state index is 12.6. The smallest absolute Gasteiger partial charge is 0.230 e. The Morgan fingerprint density at radius 1 is 1.06 bits per heavy atom. The maximum Gasteiger partial charge on any atom is 0.230 e. The van der Waals surface area contributed by atoms with Gasteiger partial charge in [-0.15, -0.1) is 22.7 Å². The highest BCUT2D eigenvalue weighted by Gasteiger charge is 2.13. The predicted octanol–water partition coefficient (Wildman–Crippen LogP) is 5.29. The molecule has 1 N–H and O–H groups in total. The van der Waals surface area contributed by atoms with Crippen LogP contribution in [0.15, 0.2) is 71.7 Å². The van der Waals surface area contributed by atoms with Crippen molar-refractivity contribution in [2.24, 2.45) is 0 Å². The molecule has 7 nitrogen and oxygen atoms in total. The number of nitrogens with zero attached hydrogens (tertiary/aromatic N) is 3. The third-order valence-electron chi connectivity index (χ3n) is 4.86. The second kappa shape index (κ2) is 9.43. The number of carbonyl (C=O) groups is 1. The zero-order chi connectivity index (χ0) is 22.6. The molecule has 9 heteroatoms. The van der Waals surface area contributed by atoms with Gasteiger partial charge in [0.05, 0.1) is 29.8 Å². The first-order valence-electron chi connectivity index (χ1n) is 10.2. The summed E-state index contributed by atoms with van der Waals surface area (Å²) in [4.78, 5) is 22.8. The number of imidazole rings is 1. The predicted molar refractivity (Wildman–Crippen MR) is 130 cm³/mol. The van der Waals surface area contributed by atoms with Gasteiger partial charge < -0.3 is 19.2 Å². The fraction of sp³-hybridized carbons (Fsp3) is 0.125. The van der Waals surface area contributed by atoms with Gasteiger partial charge in [0, 0.05) is 29.5 Å². The van der Waals surface area contributed by atoms with E-state index in [2.05, 4.69) is 15.3 Å². The summed E-state index contributed by atoms with van der Waals surface area (Å²) in [6.45, 7) is 0.278. The Morgan fingerprint density at radius 2 is 2.00 bits per heavy atom. The molecule has 4 aromatic heterocycles. The second-order valence-electron chi connectivity index (χ2n) is 7.20. The Balaban J connectivity index is 1.25. The average molecular weight is 477 g/mol. The van der Waals surface area contributed by atoms with Gasteiger partial charge in [-0.05, 0) is 35.7 Å². The minimum atomic E-state index is -0.144. The number of amides is 1. The van der Waals surface area contributed by atoms with Crippen LogP contribution in [0.5, 0.6) is 11.5 Å². The molecule has 0 bridgehead atoms. The van der Waals surface area contributed by atoms with Gasteiger partial charge in [-0.1, -0.05) is 12.1 Å². The summed E-state index contributed by atoms with van der Waals surface area (Å²) < 4.78 is 13.3. The van der Waals surface area contributed by atoms with E-state index < -0.39 is 0 Å². The Morgan fingerprint density at radius 3 is 2.82 bits per heavy atom. The Kier molecular flexibility index (Phi) is 6.05. The molecule has 0 fully saturated rings. The Hall–Kier alpha value is -3.69. The summed E-state index contributed by atoms with van der Waals surface area (Å²) in [7, 11) is 1.58. The second-order valence-corrected chi connectivity index (χ2v) is 9.00. The van der Waals surface area contributed by atoms with Crippen LogP contribution in [-0.4, -0.2) is 27.4 Å². The summed E-state index contributed by atoms with van der Waals surface area (Å²) in [5, 5.41) is 7.79. The largest absolute Gasteiger partial charge is 0.493 e. The van der Waals surface area contributed by atoms with Crippen LogP contribution in [0.2, 0.25) is 0 Å². The minimum absolute atomic E-state index is 0.144. The molecule has 0 saturated carbocycles. The molecule has 5 rings (SSSR count). The van der Waals surface area contributed by atoms with Gasteiger partial charge in [-0.2, -0.15) is 0 Å². The third-order valence-corrected chi connectivity index (χ3v) is 6.79. The number of methoxy groups -OCH3 is 1. The normalized spacial score (nSPS) is 10.9. The zero-order valence-electron chi connectivity index (χ0n) is 17.7. The molecule has 166 valence electrons. The van der Waals surface area contributed by atoms with Crippen LogP contribution in [0.3, 0.4) is 0 Å². The number of nitrogens with one attached hydrogen (secondary N) is 1. The number of pyridine rings is 1. The lowest BCUT2D eigenvalue weighted by molar-refractivity contribution is -0.115. The quantitative estimate of drug-likeness (QED) is 0.329. The van der Waals surface area contributed by atoms with Crippen LogP contribution < -0.4 is 14.8 Å². The summed E-state index contributed by atoms with van der Waals surface area (Å²) in [5.74, 6) is 0.965. The number of ether oxygens (including phenoxy) is 2. The molecule has 0 unspecified atom stereocenters. The SMILES string of the molecule is COc1ccc(NC(=O)Cc2csc(-c3cccs3)n2)cc1OCc1cn2ccccc2n1. The zero-order valence-corrected chi connectivity index (χ0v) is 19.4. The van der Waals surface area contributed by atoms with Gasteiger partial charge in [-0.3, -0.25) is 4.79 Å². The van der Waals surface area contributed by atoms with Gasteiger partial charge in [-0.25, -0.2) is 9.97 Å². The molecule has 5 aromatic rings. The average Bonchev–Trinajstić information content (AvgIpc) is 3.57. The third kappa shape index (κ3) is 4.89. The first-order chi connectivity index (χ1) is 16.2. The van der Waals surface area contributed by atoms with E-state index in [-0.39, 0.29) is 18.9 Å². The molecule has 33 heavy (non-hydrogen) atoms. The molecule has 0 aliphatic heterocycles. The highest BCUT2D eigenvalue weighted by Crippen LogP contribution is 2.31. The van der Waals surface area contributed by atoms with Crippen LogP contribution in [0.4, 0.5) is 5.69 Å². The van der Waals surface area contributed by atoms with Gasteiger partial charge in [0.25, 0.3) is 0 Å². The van der Waals surface area contributed by atoms with Crippen LogP contribution in [0.25, 0.3) is 15.5 Å². The Labute approximate surface area is 198 Å². The van der Waals surface area contributed by atoms with Crippen molar-refractivity contribution in [3.63, 3.8) is 0 Å². The summed E-state index contributed by atoms with van der Waals surface area (Å²) in [5.41, 5.74) is 3.02. The first kappa shape index (κ1) is 21.2. The van der Waals surface area contributed by atoms with Crippen molar-refractivity contribution in [1.82, 2.24) is 14.4 Å². The maximum atomic E-state index is 12.6. The monoisotopic (exact) mass is 476 g/mol. The Bertz CT molecular complexity index is 1360. The van der Waals surface area contributed by atoms with Crippen molar-refractivity contribution in [1.29, 1.82) is 0 Å². The first-order valence-corrected chi connectivity index (χ1v) is 12.0. The van der Waals surface area contributed by atoms with E-state index in [1.54, 1.807) is 48.0 Å². The molecular formula is C24H20N4O3S2. The van der Waals surface area contributed by atoms with Crippen LogP contribution in [-0.2, 0) is 17.8 Å². The number of hydrogen-bond donors (Lipinski definition) is 1. The number of thiophene rings is 1. The van der Waals surface area contributed by atoms with Crippen molar-refractivity contribution in [3.05, 3.63) is 83.1 Å². The van der Waals surface area contributed by atoms with Crippen LogP contribution in [0.1, 0.15) is 11.4 Å². The number of fused-ring (bicyclic) bond motifs is 1. The summed E-state index contributed by atoms with van der Waals surface area (Å²) in [6.07, 6.45) is 4.06. The fourth-order valence-electron chi connectivity index (χ4n) is 3.35. The number of carbonyl (C=O) groups excluding carboxylic acids is 1. The lowest BCUT2D eigenvalue weighted by atomic mass is 10.2. The van der Waals surface area contributed by atoms with Gasteiger partial charge in [0.15, 0.2) is 11.5 Å². The molecule has 1 amide bonds. The highest BCUT2D eigenvalue weighted by atomic mass is 32.1. The molecule has 0 atom stereocenters.